The van der Waals surface area contributed by atoms with Crippen molar-refractivity contribution in [2.24, 2.45) is 0 Å². The van der Waals surface area contributed by atoms with Crippen LogP contribution in [0.5, 0.6) is 0 Å². The summed E-state index contributed by atoms with van der Waals surface area (Å²) in [5.74, 6) is -0.330. The van der Waals surface area contributed by atoms with E-state index < -0.39 is 0 Å². The molecule has 130 valence electrons. The van der Waals surface area contributed by atoms with E-state index in [9.17, 15) is 9.59 Å². The van der Waals surface area contributed by atoms with Gasteiger partial charge in [0.25, 0.3) is 5.91 Å². The molecule has 0 unspecified atom stereocenters. The fourth-order valence-electron chi connectivity index (χ4n) is 2.45. The van der Waals surface area contributed by atoms with E-state index >= 15 is 0 Å². The molecule has 0 bridgehead atoms. The number of carbonyl (C=O) groups is 2. The second kappa shape index (κ2) is 8.02. The van der Waals surface area contributed by atoms with Crippen molar-refractivity contribution in [3.05, 3.63) is 78.2 Å². The molecule has 0 fully saturated rings. The van der Waals surface area contributed by atoms with Crippen LogP contribution in [0.15, 0.2) is 67.1 Å². The Morgan fingerprint density at radius 1 is 1.04 bits per heavy atom. The monoisotopic (exact) mass is 346 g/mol. The number of aromatic nitrogens is 2. The number of anilines is 1. The SMILES string of the molecule is CC(=O)Nc1ccc(C(=O)NCc2ccnc(-c3cccnc3)c2)cc1. The third-order valence-electron chi connectivity index (χ3n) is 3.70. The zero-order valence-corrected chi connectivity index (χ0v) is 14.3. The van der Waals surface area contributed by atoms with Gasteiger partial charge in [0.2, 0.25) is 5.91 Å². The molecule has 3 aromatic rings. The van der Waals surface area contributed by atoms with E-state index in [4.69, 9.17) is 0 Å². The fraction of sp³-hybridized carbons (Fsp3) is 0.100. The number of pyridine rings is 2. The van der Waals surface area contributed by atoms with Gasteiger partial charge in [0, 0.05) is 48.9 Å². The second-order valence-corrected chi connectivity index (χ2v) is 5.73. The number of nitrogens with zero attached hydrogens (tertiary/aromatic N) is 2. The van der Waals surface area contributed by atoms with Crippen molar-refractivity contribution in [1.82, 2.24) is 15.3 Å². The van der Waals surface area contributed by atoms with Crippen LogP contribution in [0.1, 0.15) is 22.8 Å². The Morgan fingerprint density at radius 2 is 1.85 bits per heavy atom. The number of benzene rings is 1. The lowest BCUT2D eigenvalue weighted by atomic mass is 10.1. The molecule has 2 heterocycles. The average Bonchev–Trinajstić information content (AvgIpc) is 2.67. The van der Waals surface area contributed by atoms with Crippen LogP contribution in [0.2, 0.25) is 0 Å². The van der Waals surface area contributed by atoms with Crippen molar-refractivity contribution >= 4 is 17.5 Å². The molecule has 6 nitrogen and oxygen atoms in total. The van der Waals surface area contributed by atoms with Crippen LogP contribution in [0.3, 0.4) is 0 Å². The maximum Gasteiger partial charge on any atom is 0.251 e. The Balaban J connectivity index is 1.63. The quantitative estimate of drug-likeness (QED) is 0.744. The van der Waals surface area contributed by atoms with Crippen LogP contribution in [0, 0.1) is 0 Å². The largest absolute Gasteiger partial charge is 0.348 e. The summed E-state index contributed by atoms with van der Waals surface area (Å²) in [6.07, 6.45) is 5.18. The van der Waals surface area contributed by atoms with Gasteiger partial charge in [-0.15, -0.1) is 0 Å². The minimum absolute atomic E-state index is 0.149. The molecule has 1 aromatic carbocycles. The van der Waals surface area contributed by atoms with Gasteiger partial charge in [-0.2, -0.15) is 0 Å². The van der Waals surface area contributed by atoms with E-state index in [1.54, 1.807) is 42.9 Å². The standard InChI is InChI=1S/C20H18N4O2/c1-14(25)24-18-6-4-16(5-7-18)20(26)23-12-15-8-10-22-19(11-15)17-3-2-9-21-13-17/h2-11,13H,12H2,1H3,(H,23,26)(H,24,25). The molecule has 2 amide bonds. The van der Waals surface area contributed by atoms with Crippen molar-refractivity contribution in [3.8, 4) is 11.3 Å². The highest BCUT2D eigenvalue weighted by atomic mass is 16.2. The van der Waals surface area contributed by atoms with E-state index in [-0.39, 0.29) is 11.8 Å². The van der Waals surface area contributed by atoms with E-state index in [2.05, 4.69) is 20.6 Å². The molecule has 2 N–H and O–H groups in total. The highest BCUT2D eigenvalue weighted by Gasteiger charge is 2.07. The summed E-state index contributed by atoms with van der Waals surface area (Å²) >= 11 is 0. The highest BCUT2D eigenvalue weighted by molar-refractivity contribution is 5.95. The minimum atomic E-state index is -0.181. The lowest BCUT2D eigenvalue weighted by Crippen LogP contribution is -2.22. The third kappa shape index (κ3) is 4.51. The first-order valence-electron chi connectivity index (χ1n) is 8.13. The molecular formula is C20H18N4O2. The number of carbonyl (C=O) groups excluding carboxylic acids is 2. The molecule has 0 aliphatic heterocycles. The summed E-state index contributed by atoms with van der Waals surface area (Å²) in [4.78, 5) is 31.7. The summed E-state index contributed by atoms with van der Waals surface area (Å²) in [6, 6.07) is 14.3. The topological polar surface area (TPSA) is 84.0 Å². The van der Waals surface area contributed by atoms with Gasteiger partial charge in [0.05, 0.1) is 5.69 Å². The van der Waals surface area contributed by atoms with Gasteiger partial charge >= 0.3 is 0 Å². The van der Waals surface area contributed by atoms with Crippen LogP contribution in [-0.2, 0) is 11.3 Å². The van der Waals surface area contributed by atoms with Crippen molar-refractivity contribution in [2.75, 3.05) is 5.32 Å². The number of hydrogen-bond donors (Lipinski definition) is 2. The van der Waals surface area contributed by atoms with Crippen LogP contribution < -0.4 is 10.6 Å². The first-order chi connectivity index (χ1) is 12.6. The number of nitrogens with one attached hydrogen (secondary N) is 2. The zero-order chi connectivity index (χ0) is 18.4. The molecule has 0 radical (unpaired) electrons. The van der Waals surface area contributed by atoms with Crippen LogP contribution in [-0.4, -0.2) is 21.8 Å². The van der Waals surface area contributed by atoms with E-state index in [1.807, 2.05) is 24.3 Å². The van der Waals surface area contributed by atoms with E-state index in [0.717, 1.165) is 16.8 Å². The smallest absolute Gasteiger partial charge is 0.251 e. The summed E-state index contributed by atoms with van der Waals surface area (Å²) < 4.78 is 0. The molecule has 26 heavy (non-hydrogen) atoms. The normalized spacial score (nSPS) is 10.2. The van der Waals surface area contributed by atoms with Crippen LogP contribution in [0.4, 0.5) is 5.69 Å². The van der Waals surface area contributed by atoms with E-state index in [0.29, 0.717) is 17.8 Å². The first kappa shape index (κ1) is 17.3. The van der Waals surface area contributed by atoms with Gasteiger partial charge in [-0.1, -0.05) is 0 Å². The lowest BCUT2D eigenvalue weighted by Gasteiger charge is -2.08. The van der Waals surface area contributed by atoms with Gasteiger partial charge in [-0.3, -0.25) is 19.6 Å². The molecule has 0 saturated carbocycles. The van der Waals surface area contributed by atoms with Crippen molar-refractivity contribution < 1.29 is 9.59 Å². The molecule has 0 spiro atoms. The van der Waals surface area contributed by atoms with Crippen LogP contribution in [0.25, 0.3) is 11.3 Å². The van der Waals surface area contributed by atoms with E-state index in [1.165, 1.54) is 6.92 Å². The zero-order valence-electron chi connectivity index (χ0n) is 14.3. The maximum atomic E-state index is 12.3. The van der Waals surface area contributed by atoms with Gasteiger partial charge in [0.1, 0.15) is 0 Å². The Kier molecular flexibility index (Phi) is 5.34. The number of rotatable bonds is 5. The summed E-state index contributed by atoms with van der Waals surface area (Å²) in [5.41, 5.74) is 3.87. The van der Waals surface area contributed by atoms with Gasteiger partial charge in [0.15, 0.2) is 0 Å². The molecule has 3 rings (SSSR count). The molecule has 0 atom stereocenters. The predicted octanol–water partition coefficient (Wildman–Crippen LogP) is 3.03. The Hall–Kier alpha value is -3.54. The van der Waals surface area contributed by atoms with Crippen molar-refractivity contribution in [3.63, 3.8) is 0 Å². The third-order valence-corrected chi connectivity index (χ3v) is 3.70. The lowest BCUT2D eigenvalue weighted by molar-refractivity contribution is -0.114. The summed E-state index contributed by atoms with van der Waals surface area (Å²) in [7, 11) is 0. The second-order valence-electron chi connectivity index (χ2n) is 5.73. The van der Waals surface area contributed by atoms with Gasteiger partial charge < -0.3 is 10.6 Å². The predicted molar refractivity (Wildman–Crippen MR) is 99.4 cm³/mol. The van der Waals surface area contributed by atoms with Crippen LogP contribution >= 0.6 is 0 Å². The Labute approximate surface area is 151 Å². The van der Waals surface area contributed by atoms with Gasteiger partial charge in [-0.25, -0.2) is 0 Å². The molecule has 6 heteroatoms. The van der Waals surface area contributed by atoms with Crippen molar-refractivity contribution in [1.29, 1.82) is 0 Å². The first-order valence-corrected chi connectivity index (χ1v) is 8.13. The summed E-state index contributed by atoms with van der Waals surface area (Å²) in [6.45, 7) is 1.83. The average molecular weight is 346 g/mol. The molecule has 0 aliphatic carbocycles. The Bertz CT molecular complexity index is 909. The van der Waals surface area contributed by atoms with Crippen molar-refractivity contribution in [2.45, 2.75) is 13.5 Å². The fourth-order valence-corrected chi connectivity index (χ4v) is 2.45. The highest BCUT2D eigenvalue weighted by Crippen LogP contribution is 2.16. The molecular weight excluding hydrogens is 328 g/mol. The molecule has 0 saturated heterocycles. The minimum Gasteiger partial charge on any atom is -0.348 e. The molecule has 2 aromatic heterocycles. The Morgan fingerprint density at radius 3 is 2.54 bits per heavy atom. The maximum absolute atomic E-state index is 12.3. The van der Waals surface area contributed by atoms with Gasteiger partial charge in [-0.05, 0) is 54.1 Å². The number of hydrogen-bond acceptors (Lipinski definition) is 4. The molecule has 0 aliphatic rings. The summed E-state index contributed by atoms with van der Waals surface area (Å²) in [5, 5.41) is 5.55. The number of amides is 2.